The summed E-state index contributed by atoms with van der Waals surface area (Å²) < 4.78 is 1.10. The highest BCUT2D eigenvalue weighted by molar-refractivity contribution is 7.22. The Morgan fingerprint density at radius 2 is 2.05 bits per heavy atom. The third-order valence-electron chi connectivity index (χ3n) is 3.59. The molecule has 1 aromatic carbocycles. The lowest BCUT2D eigenvalue weighted by Gasteiger charge is -2.34. The fourth-order valence-corrected chi connectivity index (χ4v) is 3.75. The number of hydrogen-bond acceptors (Lipinski definition) is 4. The van der Waals surface area contributed by atoms with Gasteiger partial charge in [-0.3, -0.25) is 0 Å². The van der Waals surface area contributed by atoms with Crippen LogP contribution >= 0.6 is 22.9 Å². The molecule has 1 aliphatic rings. The number of aromatic nitrogens is 1. The van der Waals surface area contributed by atoms with Gasteiger partial charge in [0.25, 0.3) is 0 Å². The second-order valence-electron chi connectivity index (χ2n) is 5.69. The number of thiazole rings is 1. The van der Waals surface area contributed by atoms with Gasteiger partial charge in [-0.2, -0.15) is 0 Å². The van der Waals surface area contributed by atoms with E-state index >= 15 is 0 Å². The van der Waals surface area contributed by atoms with E-state index in [9.17, 15) is 4.79 Å². The monoisotopic (exact) mass is 338 g/mol. The lowest BCUT2D eigenvalue weighted by Crippen LogP contribution is -2.52. The molecular weight excluding hydrogens is 320 g/mol. The first-order valence-corrected chi connectivity index (χ1v) is 8.59. The van der Waals surface area contributed by atoms with Gasteiger partial charge in [-0.25, -0.2) is 9.78 Å². The Kier molecular flexibility index (Phi) is 4.40. The number of carbonyl (C=O) groups excluding carboxylic acids is 1. The molecule has 0 bridgehead atoms. The van der Waals surface area contributed by atoms with Crippen LogP contribution in [0, 0.1) is 0 Å². The predicted molar refractivity (Wildman–Crippen MR) is 92.1 cm³/mol. The van der Waals surface area contributed by atoms with E-state index in [0.717, 1.165) is 46.5 Å². The summed E-state index contributed by atoms with van der Waals surface area (Å²) in [5.74, 6) is 0. The number of hydrogen-bond donors (Lipinski definition) is 1. The molecule has 1 aromatic heterocycles. The first-order valence-electron chi connectivity index (χ1n) is 7.39. The van der Waals surface area contributed by atoms with E-state index < -0.39 is 0 Å². The van der Waals surface area contributed by atoms with Gasteiger partial charge in [-0.05, 0) is 32.0 Å². The lowest BCUT2D eigenvalue weighted by atomic mass is 10.3. The quantitative estimate of drug-likeness (QED) is 0.914. The van der Waals surface area contributed by atoms with Crippen LogP contribution in [-0.4, -0.2) is 48.1 Å². The first kappa shape index (κ1) is 15.4. The molecule has 2 aromatic rings. The van der Waals surface area contributed by atoms with Gasteiger partial charge in [-0.1, -0.05) is 22.9 Å². The van der Waals surface area contributed by atoms with Crippen molar-refractivity contribution in [2.45, 2.75) is 19.9 Å². The van der Waals surface area contributed by atoms with Crippen molar-refractivity contribution < 1.29 is 4.79 Å². The largest absolute Gasteiger partial charge is 0.345 e. The molecule has 0 aliphatic carbocycles. The summed E-state index contributed by atoms with van der Waals surface area (Å²) in [6.45, 7) is 6.99. The zero-order chi connectivity index (χ0) is 15.7. The van der Waals surface area contributed by atoms with Crippen molar-refractivity contribution in [2.24, 2.45) is 0 Å². The second-order valence-corrected chi connectivity index (χ2v) is 7.13. The molecule has 1 aliphatic heterocycles. The van der Waals surface area contributed by atoms with Gasteiger partial charge in [0.1, 0.15) is 0 Å². The summed E-state index contributed by atoms with van der Waals surface area (Å²) in [6.07, 6.45) is 0. The number of piperazine rings is 1. The van der Waals surface area contributed by atoms with Crippen LogP contribution in [0.3, 0.4) is 0 Å². The van der Waals surface area contributed by atoms with Gasteiger partial charge in [0.15, 0.2) is 5.13 Å². The van der Waals surface area contributed by atoms with Crippen molar-refractivity contribution in [3.8, 4) is 0 Å². The minimum absolute atomic E-state index is 0.0192. The number of amides is 2. The summed E-state index contributed by atoms with van der Waals surface area (Å²) in [7, 11) is 0. The van der Waals surface area contributed by atoms with Crippen molar-refractivity contribution in [3.05, 3.63) is 23.2 Å². The molecule has 0 radical (unpaired) electrons. The van der Waals surface area contributed by atoms with Crippen molar-refractivity contribution in [1.29, 1.82) is 0 Å². The molecule has 22 heavy (non-hydrogen) atoms. The molecule has 0 atom stereocenters. The van der Waals surface area contributed by atoms with Crippen LogP contribution in [0.25, 0.3) is 10.2 Å². The SMILES string of the molecule is CC(C)NC(=O)N1CCN(c2nc3ccc(Cl)cc3s2)CC1. The fourth-order valence-electron chi connectivity index (χ4n) is 2.46. The zero-order valence-corrected chi connectivity index (χ0v) is 14.2. The molecule has 0 spiro atoms. The summed E-state index contributed by atoms with van der Waals surface area (Å²) in [5, 5.41) is 4.67. The third kappa shape index (κ3) is 3.28. The average Bonchev–Trinajstić information content (AvgIpc) is 2.89. The van der Waals surface area contributed by atoms with Crippen LogP contribution < -0.4 is 10.2 Å². The summed E-state index contributed by atoms with van der Waals surface area (Å²) in [5.41, 5.74) is 0.976. The Morgan fingerprint density at radius 1 is 1.32 bits per heavy atom. The summed E-state index contributed by atoms with van der Waals surface area (Å²) in [6, 6.07) is 5.95. The van der Waals surface area contributed by atoms with E-state index in [0.29, 0.717) is 0 Å². The maximum Gasteiger partial charge on any atom is 0.317 e. The molecule has 0 saturated carbocycles. The van der Waals surface area contributed by atoms with Gasteiger partial charge >= 0.3 is 6.03 Å². The molecule has 7 heteroatoms. The fraction of sp³-hybridized carbons (Fsp3) is 0.467. The number of benzene rings is 1. The maximum absolute atomic E-state index is 12.0. The number of anilines is 1. The summed E-state index contributed by atoms with van der Waals surface area (Å²) in [4.78, 5) is 20.8. The molecule has 0 unspecified atom stereocenters. The van der Waals surface area contributed by atoms with E-state index in [4.69, 9.17) is 11.6 Å². The topological polar surface area (TPSA) is 48.5 Å². The average molecular weight is 339 g/mol. The minimum atomic E-state index is 0.0192. The van der Waals surface area contributed by atoms with Gasteiger partial charge in [0.2, 0.25) is 0 Å². The highest BCUT2D eigenvalue weighted by atomic mass is 35.5. The predicted octanol–water partition coefficient (Wildman–Crippen LogP) is 3.19. The number of nitrogens with one attached hydrogen (secondary N) is 1. The first-order chi connectivity index (χ1) is 10.5. The lowest BCUT2D eigenvalue weighted by molar-refractivity contribution is 0.192. The van der Waals surface area contributed by atoms with Crippen LogP contribution in [0.15, 0.2) is 18.2 Å². The highest BCUT2D eigenvalue weighted by Gasteiger charge is 2.23. The number of carbonyl (C=O) groups is 1. The molecule has 5 nitrogen and oxygen atoms in total. The number of fused-ring (bicyclic) bond motifs is 1. The van der Waals surface area contributed by atoms with Gasteiger partial charge in [0.05, 0.1) is 10.2 Å². The molecule has 3 rings (SSSR count). The van der Waals surface area contributed by atoms with Crippen LogP contribution in [0.2, 0.25) is 5.02 Å². The van der Waals surface area contributed by atoms with Crippen LogP contribution in [0.1, 0.15) is 13.8 Å². The summed E-state index contributed by atoms with van der Waals surface area (Å²) >= 11 is 7.67. The van der Waals surface area contributed by atoms with Crippen molar-refractivity contribution >= 4 is 44.3 Å². The van der Waals surface area contributed by atoms with Crippen molar-refractivity contribution in [2.75, 3.05) is 31.1 Å². The highest BCUT2D eigenvalue weighted by Crippen LogP contribution is 2.31. The maximum atomic E-state index is 12.0. The van der Waals surface area contributed by atoms with Gasteiger partial charge in [-0.15, -0.1) is 0 Å². The smallest absolute Gasteiger partial charge is 0.317 e. The van der Waals surface area contributed by atoms with E-state index in [1.54, 1.807) is 11.3 Å². The molecule has 2 heterocycles. The Labute approximate surface area is 138 Å². The van der Waals surface area contributed by atoms with Gasteiger partial charge < -0.3 is 15.1 Å². The van der Waals surface area contributed by atoms with Crippen molar-refractivity contribution in [3.63, 3.8) is 0 Å². The molecule has 1 saturated heterocycles. The number of rotatable bonds is 2. The van der Waals surface area contributed by atoms with Crippen LogP contribution in [0.5, 0.6) is 0 Å². The third-order valence-corrected chi connectivity index (χ3v) is 4.90. The van der Waals surface area contributed by atoms with Crippen LogP contribution in [0.4, 0.5) is 9.93 Å². The number of nitrogens with zero attached hydrogens (tertiary/aromatic N) is 3. The molecule has 1 N–H and O–H groups in total. The van der Waals surface area contributed by atoms with E-state index in [1.165, 1.54) is 0 Å². The normalized spacial score (nSPS) is 15.6. The minimum Gasteiger partial charge on any atom is -0.345 e. The standard InChI is InChI=1S/C15H19ClN4OS/c1-10(2)17-14(21)19-5-7-20(8-6-19)15-18-12-4-3-11(16)9-13(12)22-15/h3-4,9-10H,5-8H2,1-2H3,(H,17,21). The van der Waals surface area contributed by atoms with Crippen molar-refractivity contribution in [1.82, 2.24) is 15.2 Å². The van der Waals surface area contributed by atoms with Crippen LogP contribution in [-0.2, 0) is 0 Å². The zero-order valence-electron chi connectivity index (χ0n) is 12.7. The van der Waals surface area contributed by atoms with Gasteiger partial charge in [0, 0.05) is 37.2 Å². The Morgan fingerprint density at radius 3 is 2.73 bits per heavy atom. The molecular formula is C15H19ClN4OS. The molecule has 1 fully saturated rings. The number of urea groups is 1. The van der Waals surface area contributed by atoms with E-state index in [1.807, 2.05) is 36.9 Å². The molecule has 2 amide bonds. The van der Waals surface area contributed by atoms with E-state index in [2.05, 4.69) is 15.2 Å². The molecule has 118 valence electrons. The number of halogens is 1. The Hall–Kier alpha value is -1.53. The van der Waals surface area contributed by atoms with E-state index in [-0.39, 0.29) is 12.1 Å². The Balaban J connectivity index is 1.66. The Bertz CT molecular complexity index is 679. The second kappa shape index (κ2) is 6.30.